The molecular formula is C15H28O. The van der Waals surface area contributed by atoms with E-state index in [0.717, 1.165) is 17.8 Å². The first-order valence-corrected chi connectivity index (χ1v) is 7.30. The minimum Gasteiger partial charge on any atom is -0.375 e. The Bertz CT molecular complexity index is 205. The third-order valence-corrected chi connectivity index (χ3v) is 4.68. The Morgan fingerprint density at radius 3 is 2.00 bits per heavy atom. The van der Waals surface area contributed by atoms with E-state index in [9.17, 15) is 0 Å². The Kier molecular flexibility index (Phi) is 4.29. The van der Waals surface area contributed by atoms with Gasteiger partial charge in [0, 0.05) is 0 Å². The molecule has 0 aromatic carbocycles. The lowest BCUT2D eigenvalue weighted by molar-refractivity contribution is -0.0781. The van der Waals surface area contributed by atoms with E-state index in [1.54, 1.807) is 0 Å². The minimum atomic E-state index is 0.564. The maximum absolute atomic E-state index is 6.34. The molecule has 0 aromatic heterocycles. The topological polar surface area (TPSA) is 9.23 Å². The zero-order valence-electron chi connectivity index (χ0n) is 11.2. The lowest BCUT2D eigenvalue weighted by atomic mass is 9.81. The first-order valence-electron chi connectivity index (χ1n) is 7.30. The predicted octanol–water partition coefficient (Wildman–Crippen LogP) is 4.41. The van der Waals surface area contributed by atoms with Gasteiger partial charge in [-0.05, 0) is 62.7 Å². The zero-order chi connectivity index (χ0) is 11.5. The van der Waals surface area contributed by atoms with Gasteiger partial charge in [0.15, 0.2) is 0 Å². The highest BCUT2D eigenvalue weighted by Crippen LogP contribution is 2.34. The molecule has 2 saturated carbocycles. The summed E-state index contributed by atoms with van der Waals surface area (Å²) >= 11 is 0. The average Bonchev–Trinajstić information content (AvgIpc) is 2.25. The van der Waals surface area contributed by atoms with Crippen LogP contribution in [0.5, 0.6) is 0 Å². The van der Waals surface area contributed by atoms with Crippen LogP contribution in [0.1, 0.15) is 65.7 Å². The van der Waals surface area contributed by atoms with E-state index in [1.807, 2.05) is 0 Å². The van der Waals surface area contributed by atoms with Crippen LogP contribution >= 0.6 is 0 Å². The molecule has 0 amide bonds. The van der Waals surface area contributed by atoms with Gasteiger partial charge in [0.25, 0.3) is 0 Å². The quantitative estimate of drug-likeness (QED) is 0.675. The molecule has 0 radical (unpaired) electrons. The van der Waals surface area contributed by atoms with E-state index in [0.29, 0.717) is 12.2 Å². The van der Waals surface area contributed by atoms with Crippen LogP contribution in [-0.4, -0.2) is 12.2 Å². The van der Waals surface area contributed by atoms with Crippen molar-refractivity contribution in [1.29, 1.82) is 0 Å². The van der Waals surface area contributed by atoms with Crippen molar-refractivity contribution in [3.8, 4) is 0 Å². The van der Waals surface area contributed by atoms with Crippen LogP contribution in [-0.2, 0) is 4.74 Å². The first kappa shape index (κ1) is 12.4. The third kappa shape index (κ3) is 3.23. The standard InChI is InChI=1S/C15H28O/c1-11-4-7-14(8-5-11)16-15-9-6-12(2)10-13(15)3/h11-15H,4-10H2,1-3H3. The number of hydrogen-bond donors (Lipinski definition) is 0. The summed E-state index contributed by atoms with van der Waals surface area (Å²) in [6.45, 7) is 7.14. The third-order valence-electron chi connectivity index (χ3n) is 4.68. The van der Waals surface area contributed by atoms with Crippen LogP contribution in [0.25, 0.3) is 0 Å². The van der Waals surface area contributed by atoms with Crippen LogP contribution < -0.4 is 0 Å². The summed E-state index contributed by atoms with van der Waals surface area (Å²) < 4.78 is 6.34. The fraction of sp³-hybridized carbons (Fsp3) is 1.00. The van der Waals surface area contributed by atoms with Gasteiger partial charge in [0.05, 0.1) is 12.2 Å². The van der Waals surface area contributed by atoms with Gasteiger partial charge >= 0.3 is 0 Å². The normalized spacial score (nSPS) is 45.6. The van der Waals surface area contributed by atoms with Crippen LogP contribution in [0, 0.1) is 17.8 Å². The fourth-order valence-corrected chi connectivity index (χ4v) is 3.45. The molecule has 1 nitrogen and oxygen atoms in total. The molecule has 1 heteroatoms. The van der Waals surface area contributed by atoms with E-state index in [-0.39, 0.29) is 0 Å². The van der Waals surface area contributed by atoms with Crippen LogP contribution in [0.3, 0.4) is 0 Å². The van der Waals surface area contributed by atoms with Gasteiger partial charge in [-0.15, -0.1) is 0 Å². The highest BCUT2D eigenvalue weighted by molar-refractivity contribution is 4.79. The number of rotatable bonds is 2. The monoisotopic (exact) mass is 224 g/mol. The first-order chi connectivity index (χ1) is 7.65. The van der Waals surface area contributed by atoms with E-state index in [4.69, 9.17) is 4.74 Å². The fourth-order valence-electron chi connectivity index (χ4n) is 3.45. The van der Waals surface area contributed by atoms with Crippen molar-refractivity contribution in [2.75, 3.05) is 0 Å². The molecule has 94 valence electrons. The van der Waals surface area contributed by atoms with Gasteiger partial charge in [-0.3, -0.25) is 0 Å². The molecule has 3 unspecified atom stereocenters. The van der Waals surface area contributed by atoms with Crippen LogP contribution in [0.15, 0.2) is 0 Å². The van der Waals surface area contributed by atoms with E-state index in [2.05, 4.69) is 20.8 Å². The van der Waals surface area contributed by atoms with Gasteiger partial charge < -0.3 is 4.74 Å². The van der Waals surface area contributed by atoms with Gasteiger partial charge in [-0.25, -0.2) is 0 Å². The van der Waals surface area contributed by atoms with Crippen molar-refractivity contribution in [2.24, 2.45) is 17.8 Å². The maximum atomic E-state index is 6.34. The molecule has 2 aliphatic carbocycles. The second-order valence-corrected chi connectivity index (χ2v) is 6.45. The highest BCUT2D eigenvalue weighted by Gasteiger charge is 2.29. The summed E-state index contributed by atoms with van der Waals surface area (Å²) in [4.78, 5) is 0. The molecule has 0 bridgehead atoms. The molecule has 2 aliphatic rings. The maximum Gasteiger partial charge on any atom is 0.0604 e. The number of hydrogen-bond acceptors (Lipinski definition) is 1. The van der Waals surface area contributed by atoms with Gasteiger partial charge in [0.1, 0.15) is 0 Å². The Morgan fingerprint density at radius 2 is 1.38 bits per heavy atom. The highest BCUT2D eigenvalue weighted by atomic mass is 16.5. The molecule has 16 heavy (non-hydrogen) atoms. The Balaban J connectivity index is 1.76. The number of ether oxygens (including phenoxy) is 1. The summed E-state index contributed by atoms with van der Waals surface area (Å²) in [5, 5.41) is 0. The Labute approximate surface area is 101 Å². The van der Waals surface area contributed by atoms with E-state index < -0.39 is 0 Å². The van der Waals surface area contributed by atoms with Gasteiger partial charge in [-0.2, -0.15) is 0 Å². The molecule has 0 spiro atoms. The predicted molar refractivity (Wildman–Crippen MR) is 68.5 cm³/mol. The summed E-state index contributed by atoms with van der Waals surface area (Å²) in [6, 6.07) is 0. The lowest BCUT2D eigenvalue weighted by Crippen LogP contribution is -2.34. The molecule has 2 rings (SSSR count). The summed E-state index contributed by atoms with van der Waals surface area (Å²) in [5.41, 5.74) is 0. The van der Waals surface area contributed by atoms with Crippen molar-refractivity contribution >= 4 is 0 Å². The van der Waals surface area contributed by atoms with Crippen molar-refractivity contribution in [1.82, 2.24) is 0 Å². The molecular weight excluding hydrogens is 196 g/mol. The lowest BCUT2D eigenvalue weighted by Gasteiger charge is -2.37. The van der Waals surface area contributed by atoms with Crippen LogP contribution in [0.2, 0.25) is 0 Å². The smallest absolute Gasteiger partial charge is 0.0604 e. The molecule has 3 atom stereocenters. The second-order valence-electron chi connectivity index (χ2n) is 6.45. The summed E-state index contributed by atoms with van der Waals surface area (Å²) in [7, 11) is 0. The van der Waals surface area contributed by atoms with Crippen molar-refractivity contribution in [3.05, 3.63) is 0 Å². The molecule has 0 aliphatic heterocycles. The molecule has 2 fully saturated rings. The largest absolute Gasteiger partial charge is 0.375 e. The Hall–Kier alpha value is -0.0400. The van der Waals surface area contributed by atoms with Gasteiger partial charge in [-0.1, -0.05) is 20.8 Å². The average molecular weight is 224 g/mol. The summed E-state index contributed by atoms with van der Waals surface area (Å²) in [6.07, 6.45) is 10.6. The van der Waals surface area contributed by atoms with E-state index >= 15 is 0 Å². The Morgan fingerprint density at radius 1 is 0.750 bits per heavy atom. The molecule has 0 heterocycles. The van der Waals surface area contributed by atoms with Crippen LogP contribution in [0.4, 0.5) is 0 Å². The molecule has 0 N–H and O–H groups in total. The van der Waals surface area contributed by atoms with Crippen molar-refractivity contribution < 1.29 is 4.74 Å². The zero-order valence-corrected chi connectivity index (χ0v) is 11.2. The SMILES string of the molecule is CC1CCC(OC2CCC(C)CC2C)CC1. The van der Waals surface area contributed by atoms with Crippen molar-refractivity contribution in [3.63, 3.8) is 0 Å². The van der Waals surface area contributed by atoms with E-state index in [1.165, 1.54) is 44.9 Å². The molecule has 0 saturated heterocycles. The van der Waals surface area contributed by atoms with Crippen molar-refractivity contribution in [2.45, 2.75) is 77.9 Å². The van der Waals surface area contributed by atoms with Gasteiger partial charge in [0.2, 0.25) is 0 Å². The molecule has 0 aromatic rings. The summed E-state index contributed by atoms with van der Waals surface area (Å²) in [5.74, 6) is 2.63. The minimum absolute atomic E-state index is 0.564. The second kappa shape index (κ2) is 5.53.